The molecule has 0 spiro atoms. The Labute approximate surface area is 238 Å². The van der Waals surface area contributed by atoms with Gasteiger partial charge in [-0.05, 0) is 98.5 Å². The molecular formula is C36H56O3. The van der Waals surface area contributed by atoms with Gasteiger partial charge in [0.05, 0.1) is 12.2 Å². The number of rotatable bonds is 13. The van der Waals surface area contributed by atoms with E-state index in [1.54, 1.807) is 5.57 Å². The zero-order valence-electron chi connectivity index (χ0n) is 25.2. The highest BCUT2D eigenvalue weighted by molar-refractivity contribution is 5.87. The molecule has 39 heavy (non-hydrogen) atoms. The van der Waals surface area contributed by atoms with Crippen molar-refractivity contribution in [3.8, 4) is 0 Å². The Bertz CT molecular complexity index is 950. The van der Waals surface area contributed by atoms with Crippen LogP contribution in [0, 0.1) is 28.6 Å². The number of unbranched alkanes of at least 4 members (excludes halogenated alkanes) is 5. The van der Waals surface area contributed by atoms with Gasteiger partial charge in [-0.15, -0.1) is 0 Å². The Kier molecular flexibility index (Phi) is 10.5. The van der Waals surface area contributed by atoms with E-state index < -0.39 is 12.2 Å². The van der Waals surface area contributed by atoms with Crippen molar-refractivity contribution < 1.29 is 15.0 Å². The molecule has 0 saturated heterocycles. The second-order valence-corrected chi connectivity index (χ2v) is 13.9. The largest absolute Gasteiger partial charge is 0.393 e. The first kappa shape index (κ1) is 30.5. The van der Waals surface area contributed by atoms with E-state index in [-0.39, 0.29) is 5.41 Å². The number of Topliss-reactive ketones (excluding diaryl/α,β-unsaturated/α-hetero) is 1. The molecule has 6 atom stereocenters. The van der Waals surface area contributed by atoms with Crippen LogP contribution in [0.25, 0.3) is 0 Å². The average molecular weight is 537 g/mol. The number of hydrogen-bond acceptors (Lipinski definition) is 3. The number of fused-ring (bicyclic) bond motifs is 1. The standard InChI is InChI=1S/C36H56O3/c1-5-6-7-8-9-10-15-34(39)36(22-23-36)21-11-13-26(2)31-18-19-32-28(14-12-20-35(31,32)4)16-17-29-24-30(37)25-33(38)27(29)3/h11,13,16-17,26,30-33,37-38H,3,5-10,12,14-15,18-25H2,1-2,4H3/t26-,30-,31-,32+,33+,35-/m1/s1. The van der Waals surface area contributed by atoms with Crippen molar-refractivity contribution >= 4 is 5.78 Å². The summed E-state index contributed by atoms with van der Waals surface area (Å²) in [6.45, 7) is 11.3. The van der Waals surface area contributed by atoms with E-state index in [9.17, 15) is 15.0 Å². The van der Waals surface area contributed by atoms with Gasteiger partial charge in [0.2, 0.25) is 0 Å². The maximum Gasteiger partial charge on any atom is 0.139 e. The maximum absolute atomic E-state index is 13.0. The number of carbonyl (C=O) groups is 1. The van der Waals surface area contributed by atoms with Crippen molar-refractivity contribution in [3.05, 3.63) is 47.6 Å². The lowest BCUT2D eigenvalue weighted by Crippen LogP contribution is -2.35. The minimum Gasteiger partial charge on any atom is -0.393 e. The van der Waals surface area contributed by atoms with Gasteiger partial charge in [-0.1, -0.05) is 89.3 Å². The highest BCUT2D eigenvalue weighted by atomic mass is 16.3. The number of hydrogen-bond donors (Lipinski definition) is 2. The Balaban J connectivity index is 1.32. The number of ketones is 1. The quantitative estimate of drug-likeness (QED) is 0.183. The highest BCUT2D eigenvalue weighted by Crippen LogP contribution is 2.59. The lowest BCUT2D eigenvalue weighted by Gasteiger charge is -2.44. The summed E-state index contributed by atoms with van der Waals surface area (Å²) in [4.78, 5) is 13.0. The molecular weight excluding hydrogens is 480 g/mol. The molecule has 0 aliphatic heterocycles. The highest BCUT2D eigenvalue weighted by Gasteiger charge is 2.51. The molecule has 0 aromatic heterocycles. The van der Waals surface area contributed by atoms with Crippen LogP contribution in [0.3, 0.4) is 0 Å². The van der Waals surface area contributed by atoms with Gasteiger partial charge in [0.1, 0.15) is 5.78 Å². The van der Waals surface area contributed by atoms with Crippen LogP contribution in [0.2, 0.25) is 0 Å². The molecule has 3 heteroatoms. The number of aliphatic hydroxyl groups is 2. The van der Waals surface area contributed by atoms with Crippen LogP contribution < -0.4 is 0 Å². The molecule has 4 saturated carbocycles. The number of allylic oxidation sites excluding steroid dienone is 5. The van der Waals surface area contributed by atoms with Crippen LogP contribution >= 0.6 is 0 Å². The third-order valence-electron chi connectivity index (χ3n) is 11.1. The molecule has 2 N–H and O–H groups in total. The van der Waals surface area contributed by atoms with E-state index in [1.165, 1.54) is 57.8 Å². The van der Waals surface area contributed by atoms with Crippen molar-refractivity contribution in [1.82, 2.24) is 0 Å². The monoisotopic (exact) mass is 536 g/mol. The molecule has 218 valence electrons. The van der Waals surface area contributed by atoms with Gasteiger partial charge in [-0.3, -0.25) is 4.79 Å². The summed E-state index contributed by atoms with van der Waals surface area (Å²) < 4.78 is 0. The second-order valence-electron chi connectivity index (χ2n) is 13.9. The lowest BCUT2D eigenvalue weighted by atomic mass is 9.61. The van der Waals surface area contributed by atoms with Gasteiger partial charge >= 0.3 is 0 Å². The van der Waals surface area contributed by atoms with Gasteiger partial charge < -0.3 is 10.2 Å². The number of aliphatic hydroxyl groups excluding tert-OH is 2. The average Bonchev–Trinajstić information content (AvgIpc) is 3.61. The van der Waals surface area contributed by atoms with Crippen LogP contribution in [0.15, 0.2) is 47.6 Å². The first-order valence-corrected chi connectivity index (χ1v) is 16.3. The van der Waals surface area contributed by atoms with Crippen molar-refractivity contribution in [2.24, 2.45) is 28.6 Å². The summed E-state index contributed by atoms with van der Waals surface area (Å²) in [5, 5.41) is 20.4. The molecule has 4 rings (SSSR count). The van der Waals surface area contributed by atoms with Crippen LogP contribution in [0.5, 0.6) is 0 Å². The van der Waals surface area contributed by atoms with Crippen LogP contribution in [0.1, 0.15) is 130 Å². The topological polar surface area (TPSA) is 57.5 Å². The second kappa shape index (κ2) is 13.5. The van der Waals surface area contributed by atoms with E-state index in [2.05, 4.69) is 51.7 Å². The van der Waals surface area contributed by atoms with Gasteiger partial charge in [-0.25, -0.2) is 0 Å². The van der Waals surface area contributed by atoms with Crippen molar-refractivity contribution in [1.29, 1.82) is 0 Å². The van der Waals surface area contributed by atoms with Gasteiger partial charge in [0.15, 0.2) is 0 Å². The summed E-state index contributed by atoms with van der Waals surface area (Å²) in [5.41, 5.74) is 3.62. The third kappa shape index (κ3) is 7.25. The van der Waals surface area contributed by atoms with Crippen LogP contribution in [-0.4, -0.2) is 28.2 Å². The lowest BCUT2D eigenvalue weighted by molar-refractivity contribution is -0.124. The van der Waals surface area contributed by atoms with Gasteiger partial charge in [0.25, 0.3) is 0 Å². The van der Waals surface area contributed by atoms with E-state index in [4.69, 9.17) is 0 Å². The molecule has 4 fully saturated rings. The summed E-state index contributed by atoms with van der Waals surface area (Å²) in [7, 11) is 0. The Morgan fingerprint density at radius 1 is 1.08 bits per heavy atom. The normalized spacial score (nSPS) is 35.1. The van der Waals surface area contributed by atoms with E-state index in [0.29, 0.717) is 41.8 Å². The smallest absolute Gasteiger partial charge is 0.139 e. The molecule has 3 nitrogen and oxygen atoms in total. The van der Waals surface area contributed by atoms with E-state index in [0.717, 1.165) is 49.7 Å². The molecule has 4 aliphatic carbocycles. The van der Waals surface area contributed by atoms with Gasteiger partial charge in [0, 0.05) is 18.3 Å². The predicted octanol–water partition coefficient (Wildman–Crippen LogP) is 8.81. The minimum atomic E-state index is -0.626. The minimum absolute atomic E-state index is 0.0275. The maximum atomic E-state index is 13.0. The first-order valence-electron chi connectivity index (χ1n) is 16.3. The molecule has 0 heterocycles. The first-order chi connectivity index (χ1) is 18.7. The number of carbonyl (C=O) groups excluding carboxylic acids is 1. The molecule has 0 unspecified atom stereocenters. The van der Waals surface area contributed by atoms with E-state index in [1.807, 2.05) is 0 Å². The zero-order chi connectivity index (χ0) is 28.0. The summed E-state index contributed by atoms with van der Waals surface area (Å²) in [5.74, 6) is 2.35. The van der Waals surface area contributed by atoms with Crippen LogP contribution in [-0.2, 0) is 4.79 Å². The molecule has 0 radical (unpaired) electrons. The molecule has 0 aromatic rings. The Hall–Kier alpha value is -1.45. The third-order valence-corrected chi connectivity index (χ3v) is 11.1. The van der Waals surface area contributed by atoms with Crippen molar-refractivity contribution in [2.45, 2.75) is 142 Å². The SMILES string of the molecule is C=C1C(=CC=C2CCC[C@]3(C)[C@@H]([C@H](C)C=CCC4(C(=O)CCCCCCCC)CC4)CC[C@@H]23)C[C@@H](O)C[C@@H]1O. The fraction of sp³-hybridized carbons (Fsp3) is 0.750. The Morgan fingerprint density at radius 3 is 2.56 bits per heavy atom. The predicted molar refractivity (Wildman–Crippen MR) is 162 cm³/mol. The molecule has 0 bridgehead atoms. The van der Waals surface area contributed by atoms with Crippen molar-refractivity contribution in [2.75, 3.05) is 0 Å². The van der Waals surface area contributed by atoms with Crippen LogP contribution in [0.4, 0.5) is 0 Å². The molecule has 0 amide bonds. The van der Waals surface area contributed by atoms with Gasteiger partial charge in [-0.2, -0.15) is 0 Å². The summed E-state index contributed by atoms with van der Waals surface area (Å²) >= 11 is 0. The van der Waals surface area contributed by atoms with Crippen molar-refractivity contribution in [3.63, 3.8) is 0 Å². The fourth-order valence-corrected chi connectivity index (χ4v) is 8.33. The fourth-order valence-electron chi connectivity index (χ4n) is 8.33. The zero-order valence-corrected chi connectivity index (χ0v) is 25.2. The molecule has 0 aromatic carbocycles. The Morgan fingerprint density at radius 2 is 1.82 bits per heavy atom. The summed E-state index contributed by atoms with van der Waals surface area (Å²) in [6.07, 6.45) is 26.7. The molecule has 4 aliphatic rings. The van der Waals surface area contributed by atoms with E-state index >= 15 is 0 Å². The summed E-state index contributed by atoms with van der Waals surface area (Å²) in [6, 6.07) is 0.